The third-order valence-corrected chi connectivity index (χ3v) is 7.33. The molecule has 1 saturated heterocycles. The smallest absolute Gasteiger partial charge is 0.217 e. The fourth-order valence-electron chi connectivity index (χ4n) is 5.33. The van der Waals surface area contributed by atoms with Crippen molar-refractivity contribution < 1.29 is 29.2 Å². The summed E-state index contributed by atoms with van der Waals surface area (Å²) in [6.45, 7) is 1.46. The average molecular weight is 554 g/mol. The normalized spacial score (nSPS) is 22.7. The van der Waals surface area contributed by atoms with Crippen LogP contribution in [0.15, 0.2) is 121 Å². The van der Waals surface area contributed by atoms with E-state index in [1.807, 2.05) is 121 Å². The number of carbonyl (C=O) groups excluding carboxylic acids is 1. The van der Waals surface area contributed by atoms with E-state index in [1.54, 1.807) is 0 Å². The third-order valence-electron chi connectivity index (χ3n) is 7.33. The van der Waals surface area contributed by atoms with Crippen LogP contribution in [0.1, 0.15) is 29.2 Å². The SMILES string of the molecule is CC(=O)N[C@H]1[C@@H](OCc2ccccc2)O[C@H](COC(c2ccccc2)(c2ccccc2)c2ccccc2)[C@@H](O)[C@@H]1O. The predicted molar refractivity (Wildman–Crippen MR) is 155 cm³/mol. The van der Waals surface area contributed by atoms with Gasteiger partial charge in [0.25, 0.3) is 0 Å². The standard InChI is InChI=1S/C34H35NO6/c1-24(36)35-30-32(38)31(37)29(41-33(30)39-22-25-14-6-2-7-15-25)23-40-34(26-16-8-3-9-17-26,27-18-10-4-11-19-27)28-20-12-5-13-21-28/h2-21,29-33,37-38H,22-23H2,1H3,(H,35,36)/t29-,30-,31-,32-,33+/m1/s1. The molecule has 0 aromatic heterocycles. The monoisotopic (exact) mass is 553 g/mol. The summed E-state index contributed by atoms with van der Waals surface area (Å²) in [7, 11) is 0. The van der Waals surface area contributed by atoms with Gasteiger partial charge in [-0.3, -0.25) is 4.79 Å². The van der Waals surface area contributed by atoms with E-state index >= 15 is 0 Å². The molecule has 0 aliphatic carbocycles. The molecule has 1 aliphatic heterocycles. The van der Waals surface area contributed by atoms with Crippen LogP contribution in [0.4, 0.5) is 0 Å². The van der Waals surface area contributed by atoms with Crippen molar-refractivity contribution in [1.29, 1.82) is 0 Å². The number of nitrogens with one attached hydrogen (secondary N) is 1. The van der Waals surface area contributed by atoms with E-state index in [1.165, 1.54) is 6.92 Å². The quantitative estimate of drug-likeness (QED) is 0.255. The second kappa shape index (κ2) is 13.2. The topological polar surface area (TPSA) is 97.3 Å². The number of hydrogen-bond donors (Lipinski definition) is 3. The van der Waals surface area contributed by atoms with Gasteiger partial charge in [0, 0.05) is 6.92 Å². The van der Waals surface area contributed by atoms with Crippen LogP contribution in [0, 0.1) is 0 Å². The zero-order chi connectivity index (χ0) is 28.7. The van der Waals surface area contributed by atoms with Crippen molar-refractivity contribution >= 4 is 5.91 Å². The van der Waals surface area contributed by atoms with Gasteiger partial charge in [-0.1, -0.05) is 121 Å². The molecular weight excluding hydrogens is 518 g/mol. The molecule has 0 spiro atoms. The third kappa shape index (κ3) is 6.40. The van der Waals surface area contributed by atoms with Crippen molar-refractivity contribution in [3.63, 3.8) is 0 Å². The summed E-state index contributed by atoms with van der Waals surface area (Å²) < 4.78 is 19.1. The number of aliphatic hydroxyl groups excluding tert-OH is 2. The van der Waals surface area contributed by atoms with Gasteiger partial charge < -0.3 is 29.7 Å². The molecule has 212 valence electrons. The van der Waals surface area contributed by atoms with Crippen LogP contribution in [0.2, 0.25) is 0 Å². The Kier molecular flexibility index (Phi) is 9.24. The van der Waals surface area contributed by atoms with Crippen molar-refractivity contribution in [1.82, 2.24) is 5.32 Å². The molecule has 7 heteroatoms. The molecule has 0 saturated carbocycles. The molecule has 4 aromatic carbocycles. The van der Waals surface area contributed by atoms with E-state index in [4.69, 9.17) is 14.2 Å². The van der Waals surface area contributed by atoms with Crippen LogP contribution < -0.4 is 5.32 Å². The van der Waals surface area contributed by atoms with Crippen LogP contribution >= 0.6 is 0 Å². The summed E-state index contributed by atoms with van der Waals surface area (Å²) in [4.78, 5) is 12.0. The molecule has 0 radical (unpaired) electrons. The van der Waals surface area contributed by atoms with Gasteiger partial charge in [0.05, 0.1) is 13.2 Å². The van der Waals surface area contributed by atoms with Crippen LogP contribution in [-0.4, -0.2) is 53.4 Å². The van der Waals surface area contributed by atoms with Gasteiger partial charge in [-0.15, -0.1) is 0 Å². The Balaban J connectivity index is 1.47. The Morgan fingerprint density at radius 2 is 1.22 bits per heavy atom. The molecule has 7 nitrogen and oxygen atoms in total. The summed E-state index contributed by atoms with van der Waals surface area (Å²) in [6, 6.07) is 38.2. The van der Waals surface area contributed by atoms with E-state index in [2.05, 4.69) is 5.32 Å². The fourth-order valence-corrected chi connectivity index (χ4v) is 5.33. The number of benzene rings is 4. The van der Waals surface area contributed by atoms with Gasteiger partial charge in [0.2, 0.25) is 5.91 Å². The molecule has 5 rings (SSSR count). The van der Waals surface area contributed by atoms with Crippen molar-refractivity contribution in [2.45, 2.75) is 49.8 Å². The lowest BCUT2D eigenvalue weighted by Crippen LogP contribution is -2.64. The Morgan fingerprint density at radius 1 is 0.756 bits per heavy atom. The highest BCUT2D eigenvalue weighted by molar-refractivity contribution is 5.73. The van der Waals surface area contributed by atoms with Gasteiger partial charge >= 0.3 is 0 Å². The highest BCUT2D eigenvalue weighted by Crippen LogP contribution is 2.41. The molecule has 1 heterocycles. The minimum Gasteiger partial charge on any atom is -0.388 e. The van der Waals surface area contributed by atoms with Gasteiger partial charge in [-0.2, -0.15) is 0 Å². The summed E-state index contributed by atoms with van der Waals surface area (Å²) >= 11 is 0. The Hall–Kier alpha value is -3.85. The van der Waals surface area contributed by atoms with Gasteiger partial charge in [0.1, 0.15) is 30.0 Å². The lowest BCUT2D eigenvalue weighted by Gasteiger charge is -2.44. The number of carbonyl (C=O) groups is 1. The number of amides is 1. The Bertz CT molecular complexity index is 1270. The predicted octanol–water partition coefficient (Wildman–Crippen LogP) is 4.16. The largest absolute Gasteiger partial charge is 0.388 e. The molecule has 1 amide bonds. The maximum atomic E-state index is 12.0. The van der Waals surface area contributed by atoms with E-state index in [9.17, 15) is 15.0 Å². The minimum absolute atomic E-state index is 0.0745. The van der Waals surface area contributed by atoms with Crippen LogP contribution in [0.5, 0.6) is 0 Å². The summed E-state index contributed by atoms with van der Waals surface area (Å²) in [5.74, 6) is -0.371. The molecule has 1 fully saturated rings. The minimum atomic E-state index is -1.35. The first kappa shape index (κ1) is 28.7. The highest BCUT2D eigenvalue weighted by Gasteiger charge is 2.47. The second-order valence-corrected chi connectivity index (χ2v) is 10.1. The van der Waals surface area contributed by atoms with E-state index < -0.39 is 36.2 Å². The molecule has 5 atom stereocenters. The molecule has 41 heavy (non-hydrogen) atoms. The van der Waals surface area contributed by atoms with Crippen LogP contribution in [-0.2, 0) is 31.2 Å². The first-order valence-corrected chi connectivity index (χ1v) is 13.7. The molecular formula is C34H35NO6. The van der Waals surface area contributed by atoms with Crippen molar-refractivity contribution in [3.8, 4) is 0 Å². The maximum Gasteiger partial charge on any atom is 0.217 e. The van der Waals surface area contributed by atoms with E-state index in [0.29, 0.717) is 0 Å². The molecule has 1 aliphatic rings. The number of ether oxygens (including phenoxy) is 3. The van der Waals surface area contributed by atoms with E-state index in [-0.39, 0.29) is 19.1 Å². The van der Waals surface area contributed by atoms with Crippen molar-refractivity contribution in [2.75, 3.05) is 6.61 Å². The number of rotatable bonds is 10. The summed E-state index contributed by atoms with van der Waals surface area (Å²) in [5.41, 5.74) is 2.57. The highest BCUT2D eigenvalue weighted by atomic mass is 16.7. The first-order valence-electron chi connectivity index (χ1n) is 13.7. The van der Waals surface area contributed by atoms with Gasteiger partial charge in [0.15, 0.2) is 6.29 Å². The first-order chi connectivity index (χ1) is 20.0. The van der Waals surface area contributed by atoms with Crippen molar-refractivity contribution in [2.24, 2.45) is 0 Å². The molecule has 0 unspecified atom stereocenters. The van der Waals surface area contributed by atoms with Crippen molar-refractivity contribution in [3.05, 3.63) is 144 Å². The molecule has 0 bridgehead atoms. The number of hydrogen-bond acceptors (Lipinski definition) is 6. The summed E-state index contributed by atoms with van der Waals surface area (Å²) in [6.07, 6.45) is -4.66. The Morgan fingerprint density at radius 3 is 1.68 bits per heavy atom. The maximum absolute atomic E-state index is 12.0. The zero-order valence-electron chi connectivity index (χ0n) is 22.9. The van der Waals surface area contributed by atoms with Crippen LogP contribution in [0.3, 0.4) is 0 Å². The second-order valence-electron chi connectivity index (χ2n) is 10.1. The molecule has 3 N–H and O–H groups in total. The van der Waals surface area contributed by atoms with Crippen LogP contribution in [0.25, 0.3) is 0 Å². The summed E-state index contributed by atoms with van der Waals surface area (Å²) in [5, 5.41) is 25.0. The Labute approximate surface area is 240 Å². The fraction of sp³-hybridized carbons (Fsp3) is 0.265. The number of aliphatic hydroxyl groups is 2. The average Bonchev–Trinajstić information content (AvgIpc) is 3.02. The van der Waals surface area contributed by atoms with E-state index in [0.717, 1.165) is 22.3 Å². The van der Waals surface area contributed by atoms with Gasteiger partial charge in [-0.25, -0.2) is 0 Å². The molecule has 4 aromatic rings. The zero-order valence-corrected chi connectivity index (χ0v) is 22.9. The lowest BCUT2D eigenvalue weighted by molar-refractivity contribution is -0.279. The van der Waals surface area contributed by atoms with Gasteiger partial charge in [-0.05, 0) is 22.3 Å². The lowest BCUT2D eigenvalue weighted by atomic mass is 9.80.